The zero-order valence-electron chi connectivity index (χ0n) is 20.3. The topological polar surface area (TPSA) is 111 Å². The van der Waals surface area contributed by atoms with Gasteiger partial charge in [-0.25, -0.2) is 9.59 Å². The van der Waals surface area contributed by atoms with Crippen molar-refractivity contribution >= 4 is 23.9 Å². The number of nitrogens with zero attached hydrogens (tertiary/aromatic N) is 1. The van der Waals surface area contributed by atoms with Crippen molar-refractivity contribution in [2.75, 3.05) is 13.7 Å². The fourth-order valence-electron chi connectivity index (χ4n) is 3.75. The van der Waals surface area contributed by atoms with E-state index in [-0.39, 0.29) is 6.42 Å². The van der Waals surface area contributed by atoms with Crippen LogP contribution < -0.4 is 5.32 Å². The van der Waals surface area contributed by atoms with Crippen LogP contribution in [0.25, 0.3) is 0 Å². The van der Waals surface area contributed by atoms with Crippen LogP contribution in [0.2, 0.25) is 0 Å². The van der Waals surface area contributed by atoms with Crippen LogP contribution >= 0.6 is 0 Å². The van der Waals surface area contributed by atoms with Gasteiger partial charge in [0.2, 0.25) is 5.91 Å². The van der Waals surface area contributed by atoms with E-state index in [1.807, 2.05) is 6.07 Å². The van der Waals surface area contributed by atoms with E-state index in [0.717, 1.165) is 0 Å². The highest BCUT2D eigenvalue weighted by molar-refractivity contribution is 5.90. The fourth-order valence-corrected chi connectivity index (χ4v) is 3.75. The number of rotatable bonds is 5. The minimum atomic E-state index is -1.02. The molecule has 3 unspecified atom stereocenters. The number of hydrogen-bond donors (Lipinski definition) is 1. The summed E-state index contributed by atoms with van der Waals surface area (Å²) >= 11 is 0. The Morgan fingerprint density at radius 1 is 0.939 bits per heavy atom. The van der Waals surface area contributed by atoms with Crippen LogP contribution in [-0.2, 0) is 28.6 Å². The monoisotopic (exact) mass is 462 g/mol. The van der Waals surface area contributed by atoms with Gasteiger partial charge in [-0.15, -0.1) is 0 Å². The Balaban J connectivity index is 2.40. The van der Waals surface area contributed by atoms with Gasteiger partial charge in [0.1, 0.15) is 23.8 Å². The van der Waals surface area contributed by atoms with Gasteiger partial charge >= 0.3 is 18.0 Å². The highest BCUT2D eigenvalue weighted by Crippen LogP contribution is 2.42. The van der Waals surface area contributed by atoms with Crippen molar-refractivity contribution in [3.8, 4) is 0 Å². The molecule has 0 radical (unpaired) electrons. The summed E-state index contributed by atoms with van der Waals surface area (Å²) in [6, 6.07) is 7.15. The standard InChI is InChI=1S/C24H34N2O7/c1-23(2,3)32-21(29)17-13-16(20(28)31-7)19(15-11-9-8-10-12-15)26(17)18(27)14-25-22(30)33-24(4,5)6/h8-12,16-17,19H,13-14H2,1-7H3,(H,25,30). The van der Waals surface area contributed by atoms with Crippen molar-refractivity contribution in [3.63, 3.8) is 0 Å². The molecule has 9 nitrogen and oxygen atoms in total. The molecule has 1 aliphatic heterocycles. The molecule has 1 aliphatic rings. The smallest absolute Gasteiger partial charge is 0.408 e. The molecular weight excluding hydrogens is 428 g/mol. The molecule has 0 spiro atoms. The molecule has 1 aromatic carbocycles. The molecule has 0 bridgehead atoms. The summed E-state index contributed by atoms with van der Waals surface area (Å²) in [6.07, 6.45) is -0.719. The molecule has 0 aliphatic carbocycles. The summed E-state index contributed by atoms with van der Waals surface area (Å²) in [5, 5.41) is 2.43. The van der Waals surface area contributed by atoms with Gasteiger partial charge in [0.25, 0.3) is 0 Å². The number of nitrogens with one attached hydrogen (secondary N) is 1. The molecule has 2 rings (SSSR count). The minimum Gasteiger partial charge on any atom is -0.469 e. The van der Waals surface area contributed by atoms with E-state index in [1.165, 1.54) is 12.0 Å². The Kier molecular flexibility index (Phi) is 8.11. The number of amides is 2. The van der Waals surface area contributed by atoms with Crippen LogP contribution in [0.3, 0.4) is 0 Å². The first-order chi connectivity index (χ1) is 15.2. The molecule has 1 fully saturated rings. The van der Waals surface area contributed by atoms with Crippen molar-refractivity contribution in [1.82, 2.24) is 10.2 Å². The first-order valence-corrected chi connectivity index (χ1v) is 10.9. The normalized spacial score (nSPS) is 20.7. The molecule has 0 saturated carbocycles. The van der Waals surface area contributed by atoms with Gasteiger partial charge in [-0.05, 0) is 53.5 Å². The van der Waals surface area contributed by atoms with Gasteiger partial charge in [0.15, 0.2) is 0 Å². The van der Waals surface area contributed by atoms with Gasteiger partial charge < -0.3 is 24.4 Å². The van der Waals surface area contributed by atoms with E-state index in [4.69, 9.17) is 14.2 Å². The van der Waals surface area contributed by atoms with E-state index in [0.29, 0.717) is 5.56 Å². The van der Waals surface area contributed by atoms with Gasteiger partial charge in [0, 0.05) is 0 Å². The second kappa shape index (κ2) is 10.2. The maximum atomic E-state index is 13.3. The second-order valence-electron chi connectivity index (χ2n) is 9.93. The molecule has 1 aromatic rings. The molecule has 0 aromatic heterocycles. The van der Waals surface area contributed by atoms with Crippen LogP contribution in [0.1, 0.15) is 59.6 Å². The Labute approximate surface area is 194 Å². The first kappa shape index (κ1) is 26.2. The lowest BCUT2D eigenvalue weighted by molar-refractivity contribution is -0.164. The van der Waals surface area contributed by atoms with E-state index in [1.54, 1.807) is 65.8 Å². The van der Waals surface area contributed by atoms with Crippen LogP contribution in [0.5, 0.6) is 0 Å². The van der Waals surface area contributed by atoms with Gasteiger partial charge in [-0.2, -0.15) is 0 Å². The molecule has 3 atom stereocenters. The summed E-state index contributed by atoms with van der Waals surface area (Å²) in [6.45, 7) is 9.89. The molecule has 2 amide bonds. The fraction of sp³-hybridized carbons (Fsp3) is 0.583. The lowest BCUT2D eigenvalue weighted by Crippen LogP contribution is -2.48. The van der Waals surface area contributed by atoms with Crippen LogP contribution in [0.15, 0.2) is 30.3 Å². The quantitative estimate of drug-likeness (QED) is 0.529. The Hall–Kier alpha value is -3.10. The molecule has 9 heteroatoms. The summed E-state index contributed by atoms with van der Waals surface area (Å²) < 4.78 is 15.7. The number of esters is 2. The third-order valence-electron chi connectivity index (χ3n) is 4.89. The van der Waals surface area contributed by atoms with E-state index >= 15 is 0 Å². The summed E-state index contributed by atoms with van der Waals surface area (Å²) in [5.74, 6) is -2.48. The molecule has 1 saturated heterocycles. The number of hydrogen-bond acceptors (Lipinski definition) is 7. The second-order valence-corrected chi connectivity index (χ2v) is 9.93. The van der Waals surface area contributed by atoms with Crippen molar-refractivity contribution in [2.45, 2.75) is 71.2 Å². The van der Waals surface area contributed by atoms with Crippen molar-refractivity contribution in [2.24, 2.45) is 5.92 Å². The SMILES string of the molecule is COC(=O)C1CC(C(=O)OC(C)(C)C)N(C(=O)CNC(=O)OC(C)(C)C)C1c1ccccc1. The first-order valence-electron chi connectivity index (χ1n) is 10.9. The van der Waals surface area contributed by atoms with E-state index in [9.17, 15) is 19.2 Å². The molecular formula is C24H34N2O7. The predicted molar refractivity (Wildman–Crippen MR) is 120 cm³/mol. The van der Waals surface area contributed by atoms with E-state index in [2.05, 4.69) is 5.32 Å². The average molecular weight is 463 g/mol. The minimum absolute atomic E-state index is 0.0410. The number of benzene rings is 1. The highest BCUT2D eigenvalue weighted by Gasteiger charge is 2.51. The van der Waals surface area contributed by atoms with Gasteiger partial charge in [0.05, 0.1) is 19.1 Å². The highest BCUT2D eigenvalue weighted by atomic mass is 16.6. The lowest BCUT2D eigenvalue weighted by Gasteiger charge is -2.32. The third kappa shape index (κ3) is 7.20. The number of likely N-dealkylation sites (tertiary alicyclic amines) is 1. The number of ether oxygens (including phenoxy) is 3. The summed E-state index contributed by atoms with van der Waals surface area (Å²) in [7, 11) is 1.27. The van der Waals surface area contributed by atoms with Crippen molar-refractivity contribution < 1.29 is 33.4 Å². The largest absolute Gasteiger partial charge is 0.469 e. The maximum absolute atomic E-state index is 13.3. The van der Waals surface area contributed by atoms with Crippen LogP contribution in [-0.4, -0.2) is 59.7 Å². The van der Waals surface area contributed by atoms with Crippen molar-refractivity contribution in [1.29, 1.82) is 0 Å². The van der Waals surface area contributed by atoms with Gasteiger partial charge in [-0.3, -0.25) is 9.59 Å². The summed E-state index contributed by atoms with van der Waals surface area (Å²) in [5.41, 5.74) is -0.848. The number of alkyl carbamates (subject to hydrolysis) is 1. The number of carbonyl (C=O) groups excluding carboxylic acids is 4. The molecule has 182 valence electrons. The summed E-state index contributed by atoms with van der Waals surface area (Å²) in [4.78, 5) is 52.4. The number of methoxy groups -OCH3 is 1. The van der Waals surface area contributed by atoms with Gasteiger partial charge in [-0.1, -0.05) is 30.3 Å². The molecule has 33 heavy (non-hydrogen) atoms. The molecule has 1 heterocycles. The van der Waals surface area contributed by atoms with Crippen LogP contribution in [0, 0.1) is 5.92 Å². The van der Waals surface area contributed by atoms with E-state index < -0.39 is 59.7 Å². The third-order valence-corrected chi connectivity index (χ3v) is 4.89. The Morgan fingerprint density at radius 3 is 2.03 bits per heavy atom. The van der Waals surface area contributed by atoms with Crippen LogP contribution in [0.4, 0.5) is 4.79 Å². The zero-order chi connectivity index (χ0) is 25.0. The van der Waals surface area contributed by atoms with Crippen molar-refractivity contribution in [3.05, 3.63) is 35.9 Å². The Morgan fingerprint density at radius 2 is 1.52 bits per heavy atom. The maximum Gasteiger partial charge on any atom is 0.408 e. The lowest BCUT2D eigenvalue weighted by atomic mass is 9.93. The zero-order valence-corrected chi connectivity index (χ0v) is 20.3. The molecule has 1 N–H and O–H groups in total. The Bertz CT molecular complexity index is 871. The predicted octanol–water partition coefficient (Wildman–Crippen LogP) is 2.98. The number of carbonyl (C=O) groups is 4. The average Bonchev–Trinajstić information content (AvgIpc) is 3.10.